The number of aromatic hydroxyl groups is 4. The van der Waals surface area contributed by atoms with Crippen molar-refractivity contribution in [2.75, 3.05) is 10.6 Å². The zero-order valence-electron chi connectivity index (χ0n) is 30.6. The van der Waals surface area contributed by atoms with Crippen LogP contribution in [0.4, 0.5) is 34.1 Å². The van der Waals surface area contributed by atoms with E-state index in [-0.39, 0.29) is 104 Å². The van der Waals surface area contributed by atoms with Gasteiger partial charge in [-0.15, -0.1) is 20.5 Å². The van der Waals surface area contributed by atoms with Crippen LogP contribution in [0.5, 0.6) is 23.0 Å². The molecule has 6 aromatic carbocycles. The summed E-state index contributed by atoms with van der Waals surface area (Å²) in [5.74, 6) is -1.68. The number of nitrogens with one attached hydrogen (secondary N) is 2. The van der Waals surface area contributed by atoms with E-state index in [1.54, 1.807) is 48.5 Å². The molecule has 0 atom stereocenters. The molecular formula is C36H32CrLiN8O10S2+. The Labute approximate surface area is 353 Å². The van der Waals surface area contributed by atoms with Crippen LogP contribution in [-0.2, 0) is 47.0 Å². The number of phenolic OH excluding ortho intramolecular Hbond substituents is 4. The molecule has 0 aliphatic carbocycles. The number of nitrogens with zero attached hydrogens (tertiary/aromatic N) is 4. The fourth-order valence-corrected chi connectivity index (χ4v) is 6.28. The molecule has 58 heavy (non-hydrogen) atoms. The molecule has 0 heterocycles. The third-order valence-electron chi connectivity index (χ3n) is 7.68. The summed E-state index contributed by atoms with van der Waals surface area (Å²) in [6, 6.07) is 23.0. The first-order valence-corrected chi connectivity index (χ1v) is 19.0. The second-order valence-electron chi connectivity index (χ2n) is 11.8. The number of carbonyl (C=O) groups is 2. The molecule has 10 N–H and O–H groups in total. The summed E-state index contributed by atoms with van der Waals surface area (Å²) in [4.78, 5) is 22.5. The molecule has 22 heteroatoms. The maximum absolute atomic E-state index is 11.5. The van der Waals surface area contributed by atoms with Gasteiger partial charge in [0, 0.05) is 42.0 Å². The maximum atomic E-state index is 11.5. The van der Waals surface area contributed by atoms with Crippen LogP contribution in [0.25, 0.3) is 21.5 Å². The Balaban J connectivity index is 0.000000300. The number of hydrogen-bond acceptors (Lipinski definition) is 14. The first kappa shape index (κ1) is 46.5. The van der Waals surface area contributed by atoms with Crippen molar-refractivity contribution in [1.29, 1.82) is 0 Å². The molecule has 0 aliphatic rings. The van der Waals surface area contributed by atoms with E-state index < -0.39 is 20.0 Å². The fourth-order valence-electron chi connectivity index (χ4n) is 5.22. The van der Waals surface area contributed by atoms with Gasteiger partial charge in [0.1, 0.15) is 45.7 Å². The summed E-state index contributed by atoms with van der Waals surface area (Å²) >= 11 is 0. The SMILES string of the molecule is CC(=O)Nc1cccc2ccc(O)c(N=Nc3cc(S(N)(=O)=O)ccc3O)c12.CC(=O)Nc1cccc2ccc(O)c(N=Nc3cc(S(N)(=O)=O)ccc3O)c12.[Cr].[Li+]. The van der Waals surface area contributed by atoms with Crippen molar-refractivity contribution in [3.8, 4) is 23.0 Å². The first-order valence-electron chi connectivity index (χ1n) is 15.9. The summed E-state index contributed by atoms with van der Waals surface area (Å²) in [6.07, 6.45) is 0. The van der Waals surface area contributed by atoms with Gasteiger partial charge in [-0.05, 0) is 71.4 Å². The van der Waals surface area contributed by atoms with Gasteiger partial charge in [0.15, 0.2) is 0 Å². The Kier molecular flexibility index (Phi) is 15.3. The van der Waals surface area contributed by atoms with E-state index in [9.17, 15) is 46.9 Å². The van der Waals surface area contributed by atoms with Gasteiger partial charge in [0.25, 0.3) is 0 Å². The van der Waals surface area contributed by atoms with Crippen molar-refractivity contribution in [1.82, 2.24) is 0 Å². The first-order chi connectivity index (χ1) is 26.3. The number of fused-ring (bicyclic) bond motifs is 2. The molecule has 0 radical (unpaired) electrons. The van der Waals surface area contributed by atoms with Gasteiger partial charge >= 0.3 is 18.9 Å². The second-order valence-corrected chi connectivity index (χ2v) is 15.0. The fraction of sp³-hybridized carbons (Fsp3) is 0.0556. The van der Waals surface area contributed by atoms with Gasteiger partial charge < -0.3 is 31.1 Å². The number of anilines is 2. The van der Waals surface area contributed by atoms with E-state index in [1.165, 1.54) is 26.0 Å². The van der Waals surface area contributed by atoms with E-state index in [0.29, 0.717) is 32.9 Å². The number of sulfonamides is 2. The van der Waals surface area contributed by atoms with Gasteiger partial charge in [-0.3, -0.25) is 9.59 Å². The van der Waals surface area contributed by atoms with Gasteiger partial charge in [-0.1, -0.05) is 36.4 Å². The van der Waals surface area contributed by atoms with Crippen molar-refractivity contribution in [2.45, 2.75) is 23.6 Å². The topological polar surface area (TPSA) is 309 Å². The van der Waals surface area contributed by atoms with Crippen LogP contribution in [0.2, 0.25) is 0 Å². The Morgan fingerprint density at radius 1 is 0.534 bits per heavy atom. The molecule has 18 nitrogen and oxygen atoms in total. The largest absolute Gasteiger partial charge is 1.00 e. The molecule has 0 fully saturated rings. The summed E-state index contributed by atoms with van der Waals surface area (Å²) in [7, 11) is -8.00. The molecule has 0 saturated heterocycles. The molecule has 2 amide bonds. The molecule has 6 aromatic rings. The van der Waals surface area contributed by atoms with E-state index in [2.05, 4.69) is 31.1 Å². The zero-order chi connectivity index (χ0) is 40.9. The van der Waals surface area contributed by atoms with E-state index in [0.717, 1.165) is 36.4 Å². The zero-order valence-corrected chi connectivity index (χ0v) is 33.6. The van der Waals surface area contributed by atoms with Crippen LogP contribution in [0.1, 0.15) is 13.8 Å². The van der Waals surface area contributed by atoms with E-state index in [1.807, 2.05) is 0 Å². The minimum absolute atomic E-state index is 0. The van der Waals surface area contributed by atoms with Crippen molar-refractivity contribution >= 4 is 87.5 Å². The summed E-state index contributed by atoms with van der Waals surface area (Å²) < 4.78 is 46.0. The number of hydrogen-bond donors (Lipinski definition) is 8. The predicted molar refractivity (Wildman–Crippen MR) is 207 cm³/mol. The minimum atomic E-state index is -4.00. The van der Waals surface area contributed by atoms with Gasteiger partial charge in [-0.2, -0.15) is 0 Å². The Morgan fingerprint density at radius 3 is 1.21 bits per heavy atom. The van der Waals surface area contributed by atoms with Crippen LogP contribution in [0.15, 0.2) is 127 Å². The molecule has 0 aromatic heterocycles. The van der Waals surface area contributed by atoms with Crippen LogP contribution in [0.3, 0.4) is 0 Å². The van der Waals surface area contributed by atoms with E-state index in [4.69, 9.17) is 10.3 Å². The molecule has 6 rings (SSSR count). The number of nitrogens with two attached hydrogens (primary N) is 2. The summed E-state index contributed by atoms with van der Waals surface area (Å²) in [6.45, 7) is 2.69. The Bertz CT molecular complexity index is 2650. The smallest absolute Gasteiger partial charge is 0.506 e. The number of azo groups is 2. The quantitative estimate of drug-likeness (QED) is 0.0813. The predicted octanol–water partition coefficient (Wildman–Crippen LogP) is 3.55. The third-order valence-corrected chi connectivity index (χ3v) is 9.50. The van der Waals surface area contributed by atoms with Crippen molar-refractivity contribution < 1.29 is 83.1 Å². The summed E-state index contributed by atoms with van der Waals surface area (Å²) in [5, 5.41) is 73.8. The number of benzene rings is 6. The Hall–Kier alpha value is -5.87. The molecule has 0 saturated carbocycles. The summed E-state index contributed by atoms with van der Waals surface area (Å²) in [5.41, 5.74) is 0.610. The van der Waals surface area contributed by atoms with Gasteiger partial charge in [0.2, 0.25) is 31.9 Å². The van der Waals surface area contributed by atoms with Crippen LogP contribution in [-0.4, -0.2) is 49.1 Å². The van der Waals surface area contributed by atoms with Crippen LogP contribution in [0, 0.1) is 0 Å². The molecule has 0 bridgehead atoms. The van der Waals surface area contributed by atoms with Gasteiger partial charge in [0.05, 0.1) is 21.2 Å². The molecular weight excluding hydrogens is 828 g/mol. The number of phenols is 4. The number of amides is 2. The molecule has 294 valence electrons. The number of primary sulfonamides is 2. The van der Waals surface area contributed by atoms with Crippen molar-refractivity contribution in [2.24, 2.45) is 30.7 Å². The Morgan fingerprint density at radius 2 is 0.879 bits per heavy atom. The number of carbonyl (C=O) groups excluding carboxylic acids is 2. The monoisotopic (exact) mass is 859 g/mol. The average molecular weight is 860 g/mol. The molecule has 0 spiro atoms. The number of rotatable bonds is 8. The van der Waals surface area contributed by atoms with Gasteiger partial charge in [-0.25, -0.2) is 27.1 Å². The maximum Gasteiger partial charge on any atom is 1.00 e. The molecule has 0 aliphatic heterocycles. The van der Waals surface area contributed by atoms with Crippen LogP contribution < -0.4 is 39.8 Å². The van der Waals surface area contributed by atoms with E-state index >= 15 is 0 Å². The van der Waals surface area contributed by atoms with Crippen molar-refractivity contribution in [3.05, 3.63) is 97.1 Å². The normalized spacial score (nSPS) is 11.4. The van der Waals surface area contributed by atoms with Crippen LogP contribution >= 0.6 is 0 Å². The second kappa shape index (κ2) is 19.0. The minimum Gasteiger partial charge on any atom is -0.506 e. The van der Waals surface area contributed by atoms with Crippen molar-refractivity contribution in [3.63, 3.8) is 0 Å². The average Bonchev–Trinajstić information content (AvgIpc) is 3.11. The molecule has 0 unspecified atom stereocenters. The standard InChI is InChI=1S/2C18H16N4O5S.Cr.Li/c2*1-10(23)20-13-4-2-3-11-5-7-16(25)18(17(11)13)22-21-14-9-12(28(19,26)27)6-8-15(14)24;;/h2*2-9,24-25H,1H3,(H,20,23)(H2,19,26,27);;/q;;;+1. The third kappa shape index (κ3) is 11.2.